The maximum Gasteiger partial charge on any atom is 0.261 e. The van der Waals surface area contributed by atoms with E-state index >= 15 is 0 Å². The molecule has 0 saturated carbocycles. The molecular weight excluding hydrogens is 611 g/mol. The zero-order valence-electron chi connectivity index (χ0n) is 29.8. The minimum atomic E-state index is -2.60. The first kappa shape index (κ1) is 37.0. The van der Waals surface area contributed by atoms with E-state index in [0.29, 0.717) is 13.2 Å². The van der Waals surface area contributed by atoms with Crippen molar-refractivity contribution in [1.82, 2.24) is 4.90 Å². The molecule has 6 heteroatoms. The van der Waals surface area contributed by atoms with E-state index in [1.807, 2.05) is 0 Å². The van der Waals surface area contributed by atoms with E-state index in [1.54, 1.807) is 0 Å². The van der Waals surface area contributed by atoms with Gasteiger partial charge in [0.2, 0.25) is 0 Å². The number of rotatable bonds is 16. The van der Waals surface area contributed by atoms with Crippen LogP contribution in [0.3, 0.4) is 0 Å². The van der Waals surface area contributed by atoms with Crippen LogP contribution in [0.1, 0.15) is 60.8 Å². The largest absolute Gasteiger partial charge is 0.407 e. The Morgan fingerprint density at radius 2 is 0.894 bits per heavy atom. The molecule has 0 spiro atoms. The number of hydrogen-bond acceptors (Lipinski definition) is 4. The van der Waals surface area contributed by atoms with Crippen LogP contribution in [0.15, 0.2) is 121 Å². The van der Waals surface area contributed by atoms with Gasteiger partial charge in [-0.15, -0.1) is 0 Å². The van der Waals surface area contributed by atoms with Gasteiger partial charge in [0.1, 0.15) is 0 Å². The molecule has 0 fully saturated rings. The predicted octanol–water partition coefficient (Wildman–Crippen LogP) is 6.60. The molecule has 47 heavy (non-hydrogen) atoms. The van der Waals surface area contributed by atoms with Gasteiger partial charge in [0.15, 0.2) is 0 Å². The summed E-state index contributed by atoms with van der Waals surface area (Å²) in [4.78, 5) is 2.30. The number of aliphatic hydroxyl groups excluding tert-OH is 1. The molecule has 0 aliphatic heterocycles. The van der Waals surface area contributed by atoms with Crippen LogP contribution < -0.4 is 20.7 Å². The maximum absolute atomic E-state index is 10.5. The smallest absolute Gasteiger partial charge is 0.261 e. The summed E-state index contributed by atoms with van der Waals surface area (Å²) in [5.74, 6) is 0. The van der Waals surface area contributed by atoms with Gasteiger partial charge in [0.05, 0.1) is 6.61 Å². The highest BCUT2D eigenvalue weighted by atomic mass is 28.4. The normalized spacial score (nSPS) is 13.6. The van der Waals surface area contributed by atoms with Crippen LogP contribution in [0.5, 0.6) is 0 Å². The minimum absolute atomic E-state index is 0.0282. The van der Waals surface area contributed by atoms with E-state index in [4.69, 9.17) is 8.85 Å². The van der Waals surface area contributed by atoms with E-state index in [2.05, 4.69) is 175 Å². The van der Waals surface area contributed by atoms with Crippen LogP contribution >= 0.6 is 0 Å². The van der Waals surface area contributed by atoms with Crippen molar-refractivity contribution in [2.75, 3.05) is 33.4 Å². The van der Waals surface area contributed by atoms with E-state index in [-0.39, 0.29) is 22.7 Å². The Labute approximate surface area is 287 Å². The number of nitrogens with zero attached hydrogens (tertiary/aromatic N) is 1. The van der Waals surface area contributed by atoms with Gasteiger partial charge < -0.3 is 18.9 Å². The summed E-state index contributed by atoms with van der Waals surface area (Å²) < 4.78 is 14.2. The predicted molar refractivity (Wildman–Crippen MR) is 205 cm³/mol. The highest BCUT2D eigenvalue weighted by molar-refractivity contribution is 7.00. The Morgan fingerprint density at radius 3 is 1.21 bits per heavy atom. The summed E-state index contributed by atoms with van der Waals surface area (Å²) in [6, 6.07) is 43.3. The summed E-state index contributed by atoms with van der Waals surface area (Å²) in [7, 11) is -3.00. The first-order valence-corrected chi connectivity index (χ1v) is 21.1. The zero-order chi connectivity index (χ0) is 34.0. The topological polar surface area (TPSA) is 41.9 Å². The standard InChI is InChI=1S/C41H57NO3Si2/c1-40(2,3)46(36-22-12-8-13-23-36,37-24-14-9-15-25-37)44-32-21-20-31-42(7)35(34-43)30-33-45-47(41(4,5)6,38-26-16-10-17-27-38)39-28-18-11-19-29-39/h8-19,22-29,35,43H,20-21,30-34H2,1-7H3. The molecule has 0 aromatic heterocycles. The third-order valence-corrected chi connectivity index (χ3v) is 19.7. The number of unbranched alkanes of at least 4 members (excludes halogenated alkanes) is 1. The fourth-order valence-electron chi connectivity index (χ4n) is 7.19. The molecule has 4 rings (SSSR count). The van der Waals surface area contributed by atoms with E-state index in [9.17, 15) is 5.11 Å². The lowest BCUT2D eigenvalue weighted by atomic mass is 10.2. The van der Waals surface area contributed by atoms with Crippen molar-refractivity contribution in [3.63, 3.8) is 0 Å². The van der Waals surface area contributed by atoms with E-state index < -0.39 is 16.6 Å². The lowest BCUT2D eigenvalue weighted by Crippen LogP contribution is -2.66. The summed E-state index contributed by atoms with van der Waals surface area (Å²) in [6.45, 7) is 16.2. The van der Waals surface area contributed by atoms with Crippen LogP contribution in [-0.2, 0) is 8.85 Å². The molecule has 0 heterocycles. The molecule has 4 aromatic rings. The average molecular weight is 668 g/mol. The van der Waals surface area contributed by atoms with Crippen molar-refractivity contribution in [3.8, 4) is 0 Å². The molecular formula is C41H57NO3Si2. The Balaban J connectivity index is 1.40. The van der Waals surface area contributed by atoms with Gasteiger partial charge in [-0.1, -0.05) is 163 Å². The molecule has 1 unspecified atom stereocenters. The summed E-state index contributed by atoms with van der Waals surface area (Å²) in [5.41, 5.74) is 0. The first-order valence-electron chi connectivity index (χ1n) is 17.3. The van der Waals surface area contributed by atoms with Gasteiger partial charge in [-0.25, -0.2) is 0 Å². The Bertz CT molecular complexity index is 1380. The molecule has 0 bridgehead atoms. The number of likely N-dealkylation sites (N-methyl/N-ethyl adjacent to an activating group) is 1. The van der Waals surface area contributed by atoms with Gasteiger partial charge >= 0.3 is 0 Å². The van der Waals surface area contributed by atoms with Crippen LogP contribution in [0.25, 0.3) is 0 Å². The van der Waals surface area contributed by atoms with Crippen molar-refractivity contribution >= 4 is 37.4 Å². The second kappa shape index (κ2) is 16.5. The molecule has 4 aromatic carbocycles. The van der Waals surface area contributed by atoms with Crippen molar-refractivity contribution in [2.24, 2.45) is 0 Å². The summed E-state index contributed by atoms with van der Waals surface area (Å²) >= 11 is 0. The molecule has 1 atom stereocenters. The molecule has 0 aliphatic rings. The molecule has 0 amide bonds. The Morgan fingerprint density at radius 1 is 0.553 bits per heavy atom. The molecule has 0 saturated heterocycles. The maximum atomic E-state index is 10.5. The molecule has 1 N–H and O–H groups in total. The molecule has 0 radical (unpaired) electrons. The van der Waals surface area contributed by atoms with Crippen LogP contribution in [0.2, 0.25) is 10.1 Å². The van der Waals surface area contributed by atoms with Gasteiger partial charge in [0, 0.05) is 19.3 Å². The highest BCUT2D eigenvalue weighted by Crippen LogP contribution is 2.38. The van der Waals surface area contributed by atoms with Crippen LogP contribution in [-0.4, -0.2) is 66.1 Å². The van der Waals surface area contributed by atoms with Crippen molar-refractivity contribution < 1.29 is 14.0 Å². The molecule has 252 valence electrons. The fraction of sp³-hybridized carbons (Fsp3) is 0.415. The quantitative estimate of drug-likeness (QED) is 0.108. The average Bonchev–Trinajstić information content (AvgIpc) is 3.07. The second-order valence-corrected chi connectivity index (χ2v) is 23.4. The van der Waals surface area contributed by atoms with Gasteiger partial charge in [0.25, 0.3) is 16.6 Å². The Kier molecular flexibility index (Phi) is 13.0. The van der Waals surface area contributed by atoms with Crippen LogP contribution in [0.4, 0.5) is 0 Å². The van der Waals surface area contributed by atoms with Crippen molar-refractivity contribution in [2.45, 2.75) is 76.9 Å². The minimum Gasteiger partial charge on any atom is -0.407 e. The monoisotopic (exact) mass is 667 g/mol. The summed E-state index contributed by atoms with van der Waals surface area (Å²) in [5, 5.41) is 15.6. The number of aliphatic hydroxyl groups is 1. The lowest BCUT2D eigenvalue weighted by Gasteiger charge is -2.43. The van der Waals surface area contributed by atoms with Gasteiger partial charge in [-0.2, -0.15) is 0 Å². The van der Waals surface area contributed by atoms with Crippen LogP contribution in [0, 0.1) is 0 Å². The highest BCUT2D eigenvalue weighted by Gasteiger charge is 2.51. The summed E-state index contributed by atoms with van der Waals surface area (Å²) in [6.07, 6.45) is 2.74. The van der Waals surface area contributed by atoms with Gasteiger partial charge in [-0.3, -0.25) is 0 Å². The zero-order valence-corrected chi connectivity index (χ0v) is 31.8. The third-order valence-electron chi connectivity index (χ3n) is 9.66. The number of hydrogen-bond donors (Lipinski definition) is 1. The fourth-order valence-corrected chi connectivity index (χ4v) is 16.4. The van der Waals surface area contributed by atoms with Crippen molar-refractivity contribution in [1.29, 1.82) is 0 Å². The van der Waals surface area contributed by atoms with Gasteiger partial charge in [-0.05, 0) is 63.7 Å². The SMILES string of the molecule is CN(CCCCO[Si](c1ccccc1)(c1ccccc1)C(C)(C)C)C(CO)CCO[Si](c1ccccc1)(c1ccccc1)C(C)(C)C. The second-order valence-electron chi connectivity index (χ2n) is 14.8. The number of benzene rings is 4. The van der Waals surface area contributed by atoms with E-state index in [0.717, 1.165) is 25.8 Å². The Hall–Kier alpha value is -2.85. The third kappa shape index (κ3) is 8.42. The van der Waals surface area contributed by atoms with Crippen molar-refractivity contribution in [3.05, 3.63) is 121 Å². The first-order chi connectivity index (χ1) is 22.5. The van der Waals surface area contributed by atoms with E-state index in [1.165, 1.54) is 20.7 Å². The molecule has 4 nitrogen and oxygen atoms in total. The lowest BCUT2D eigenvalue weighted by molar-refractivity contribution is 0.119. The molecule has 0 aliphatic carbocycles.